The molecular formula is C18H20N4O2. The molecule has 1 fully saturated rings. The summed E-state index contributed by atoms with van der Waals surface area (Å²) < 4.78 is 5.44. The fourth-order valence-corrected chi connectivity index (χ4v) is 3.48. The minimum atomic E-state index is -0.346. The summed E-state index contributed by atoms with van der Waals surface area (Å²) in [6.07, 6.45) is 2.34. The first kappa shape index (κ1) is 15.2. The number of likely N-dealkylation sites (tertiary alicyclic amines) is 1. The molecule has 24 heavy (non-hydrogen) atoms. The lowest BCUT2D eigenvalue weighted by molar-refractivity contribution is 0.140. The summed E-state index contributed by atoms with van der Waals surface area (Å²) in [7, 11) is 0. The highest BCUT2D eigenvalue weighted by Crippen LogP contribution is 2.26. The van der Waals surface area contributed by atoms with E-state index in [1.54, 1.807) is 6.92 Å². The number of rotatable bonds is 4. The van der Waals surface area contributed by atoms with Crippen LogP contribution >= 0.6 is 0 Å². The Kier molecular flexibility index (Phi) is 4.00. The molecule has 2 atom stereocenters. The predicted molar refractivity (Wildman–Crippen MR) is 89.3 cm³/mol. The minimum Gasteiger partial charge on any atom is -0.424 e. The smallest absolute Gasteiger partial charge is 0.230 e. The van der Waals surface area contributed by atoms with Gasteiger partial charge in [-0.15, -0.1) is 10.2 Å². The number of β-amino-alcohol motifs (C(OH)–C–C–N with tert-alkyl or cyclic N) is 1. The number of hydrogen-bond donors (Lipinski definition) is 1. The summed E-state index contributed by atoms with van der Waals surface area (Å²) in [6.45, 7) is 3.83. The summed E-state index contributed by atoms with van der Waals surface area (Å²) in [6, 6.07) is 10.2. The zero-order valence-corrected chi connectivity index (χ0v) is 13.6. The molecule has 0 saturated carbocycles. The van der Waals surface area contributed by atoms with E-state index in [0.29, 0.717) is 24.9 Å². The van der Waals surface area contributed by atoms with Crippen molar-refractivity contribution in [3.05, 3.63) is 53.9 Å². The molecule has 6 heteroatoms. The van der Waals surface area contributed by atoms with Crippen LogP contribution in [0.15, 0.2) is 40.9 Å². The van der Waals surface area contributed by atoms with Crippen molar-refractivity contribution in [3.63, 3.8) is 0 Å². The lowest BCUT2D eigenvalue weighted by atomic mass is 9.94. The molecule has 1 aliphatic rings. The van der Waals surface area contributed by atoms with Crippen LogP contribution in [-0.2, 0) is 13.0 Å². The zero-order chi connectivity index (χ0) is 16.5. The number of hydrogen-bond acceptors (Lipinski definition) is 6. The Morgan fingerprint density at radius 1 is 1.21 bits per heavy atom. The van der Waals surface area contributed by atoms with Crippen molar-refractivity contribution in [2.45, 2.75) is 26.0 Å². The second kappa shape index (κ2) is 6.30. The first-order valence-electron chi connectivity index (χ1n) is 8.21. The zero-order valence-electron chi connectivity index (χ0n) is 13.6. The van der Waals surface area contributed by atoms with Crippen LogP contribution < -0.4 is 0 Å². The molecule has 0 spiro atoms. The normalized spacial score (nSPS) is 21.6. The maximum Gasteiger partial charge on any atom is 0.230 e. The molecular weight excluding hydrogens is 304 g/mol. The summed E-state index contributed by atoms with van der Waals surface area (Å²) >= 11 is 0. The molecule has 1 aliphatic heterocycles. The van der Waals surface area contributed by atoms with Crippen LogP contribution in [0.25, 0.3) is 10.9 Å². The van der Waals surface area contributed by atoms with Crippen LogP contribution in [-0.4, -0.2) is 44.4 Å². The maximum absolute atomic E-state index is 10.5. The van der Waals surface area contributed by atoms with Gasteiger partial charge in [-0.1, -0.05) is 18.2 Å². The number of aliphatic hydroxyl groups is 1. The lowest BCUT2D eigenvalue weighted by Gasteiger charge is -2.15. The van der Waals surface area contributed by atoms with Crippen molar-refractivity contribution in [2.24, 2.45) is 5.92 Å². The fourth-order valence-electron chi connectivity index (χ4n) is 3.48. The van der Waals surface area contributed by atoms with Crippen LogP contribution in [0, 0.1) is 12.8 Å². The first-order chi connectivity index (χ1) is 11.7. The van der Waals surface area contributed by atoms with Gasteiger partial charge in [-0.2, -0.15) is 0 Å². The summed E-state index contributed by atoms with van der Waals surface area (Å²) in [5, 5.41) is 19.5. The highest BCUT2D eigenvalue weighted by atomic mass is 16.4. The Bertz CT molecular complexity index is 842. The van der Waals surface area contributed by atoms with E-state index < -0.39 is 0 Å². The average Bonchev–Trinajstić information content (AvgIpc) is 3.14. The van der Waals surface area contributed by atoms with Crippen LogP contribution in [0.5, 0.6) is 0 Å². The van der Waals surface area contributed by atoms with Gasteiger partial charge in [0.1, 0.15) is 0 Å². The molecule has 3 heterocycles. The highest BCUT2D eigenvalue weighted by molar-refractivity contribution is 5.81. The van der Waals surface area contributed by atoms with E-state index in [-0.39, 0.29) is 12.0 Å². The van der Waals surface area contributed by atoms with Gasteiger partial charge in [-0.25, -0.2) is 0 Å². The first-order valence-corrected chi connectivity index (χ1v) is 8.21. The maximum atomic E-state index is 10.5. The molecule has 2 aromatic heterocycles. The summed E-state index contributed by atoms with van der Waals surface area (Å²) in [5.41, 5.74) is 2.24. The molecule has 0 amide bonds. The van der Waals surface area contributed by atoms with Crippen molar-refractivity contribution in [1.29, 1.82) is 0 Å². The molecule has 1 saturated heterocycles. The predicted octanol–water partition coefficient (Wildman–Crippen LogP) is 1.96. The van der Waals surface area contributed by atoms with Gasteiger partial charge in [0, 0.05) is 37.5 Å². The van der Waals surface area contributed by atoms with Gasteiger partial charge in [0.15, 0.2) is 0 Å². The lowest BCUT2D eigenvalue weighted by Crippen LogP contribution is -2.21. The fraction of sp³-hybridized carbons (Fsp3) is 0.389. The number of fused-ring (bicyclic) bond motifs is 1. The van der Waals surface area contributed by atoms with E-state index in [2.05, 4.69) is 32.2 Å². The van der Waals surface area contributed by atoms with Gasteiger partial charge in [0.2, 0.25) is 11.8 Å². The third kappa shape index (κ3) is 3.02. The summed E-state index contributed by atoms with van der Waals surface area (Å²) in [4.78, 5) is 6.58. The Morgan fingerprint density at radius 2 is 2.08 bits per heavy atom. The van der Waals surface area contributed by atoms with Gasteiger partial charge in [0.05, 0.1) is 18.2 Å². The Morgan fingerprint density at radius 3 is 2.92 bits per heavy atom. The Labute approximate surface area is 140 Å². The van der Waals surface area contributed by atoms with Crippen LogP contribution in [0.1, 0.15) is 17.3 Å². The van der Waals surface area contributed by atoms with Gasteiger partial charge in [-0.05, 0) is 24.1 Å². The van der Waals surface area contributed by atoms with Gasteiger partial charge < -0.3 is 9.52 Å². The number of benzene rings is 1. The third-order valence-corrected chi connectivity index (χ3v) is 4.63. The summed E-state index contributed by atoms with van der Waals surface area (Å²) in [5.74, 6) is 1.37. The van der Waals surface area contributed by atoms with E-state index in [1.807, 2.05) is 24.4 Å². The minimum absolute atomic E-state index is 0.194. The number of aryl methyl sites for hydroxylation is 1. The Balaban J connectivity index is 1.48. The average molecular weight is 324 g/mol. The molecule has 0 bridgehead atoms. The number of para-hydroxylation sites is 1. The molecule has 0 radical (unpaired) electrons. The van der Waals surface area contributed by atoms with E-state index in [4.69, 9.17) is 4.42 Å². The van der Waals surface area contributed by atoms with E-state index >= 15 is 0 Å². The van der Waals surface area contributed by atoms with Crippen molar-refractivity contribution in [2.75, 3.05) is 13.1 Å². The van der Waals surface area contributed by atoms with Crippen molar-refractivity contribution < 1.29 is 9.52 Å². The molecule has 124 valence electrons. The molecule has 3 aromatic rings. The van der Waals surface area contributed by atoms with Gasteiger partial charge in [-0.3, -0.25) is 9.88 Å². The largest absolute Gasteiger partial charge is 0.424 e. The van der Waals surface area contributed by atoms with Crippen LogP contribution in [0.4, 0.5) is 0 Å². The molecule has 1 N–H and O–H groups in total. The molecule has 1 aromatic carbocycles. The standard InChI is InChI=1S/C18H20N4O2/c1-12-20-21-18(24-12)11-22-9-14(17(23)10-22)8-13-6-7-19-16-5-3-2-4-15(13)16/h2-7,14,17,23H,8-11H2,1H3/t14-,17+/m1/s1. The second-order valence-corrected chi connectivity index (χ2v) is 6.43. The number of aliphatic hydroxyl groups excluding tert-OH is 1. The van der Waals surface area contributed by atoms with E-state index in [1.165, 1.54) is 5.56 Å². The highest BCUT2D eigenvalue weighted by Gasteiger charge is 2.32. The monoisotopic (exact) mass is 324 g/mol. The van der Waals surface area contributed by atoms with Gasteiger partial charge >= 0.3 is 0 Å². The van der Waals surface area contributed by atoms with Crippen molar-refractivity contribution in [1.82, 2.24) is 20.1 Å². The quantitative estimate of drug-likeness (QED) is 0.791. The molecule has 0 unspecified atom stereocenters. The number of pyridine rings is 1. The molecule has 0 aliphatic carbocycles. The number of nitrogens with zero attached hydrogens (tertiary/aromatic N) is 4. The number of aromatic nitrogens is 3. The molecule has 6 nitrogen and oxygen atoms in total. The van der Waals surface area contributed by atoms with Crippen molar-refractivity contribution in [3.8, 4) is 0 Å². The third-order valence-electron chi connectivity index (χ3n) is 4.63. The molecule has 4 rings (SSSR count). The topological polar surface area (TPSA) is 75.3 Å². The Hall–Kier alpha value is -2.31. The van der Waals surface area contributed by atoms with E-state index in [0.717, 1.165) is 23.9 Å². The second-order valence-electron chi connectivity index (χ2n) is 6.43. The SMILES string of the molecule is Cc1nnc(CN2C[C@@H](Cc3ccnc4ccccc34)[C@@H](O)C2)o1. The van der Waals surface area contributed by atoms with Crippen molar-refractivity contribution >= 4 is 10.9 Å². The van der Waals surface area contributed by atoms with E-state index in [9.17, 15) is 5.11 Å². The van der Waals surface area contributed by atoms with Gasteiger partial charge in [0.25, 0.3) is 0 Å². The van der Waals surface area contributed by atoms with Crippen LogP contribution in [0.3, 0.4) is 0 Å². The van der Waals surface area contributed by atoms with Crippen LogP contribution in [0.2, 0.25) is 0 Å².